The van der Waals surface area contributed by atoms with Crippen molar-refractivity contribution in [1.82, 2.24) is 4.90 Å². The number of phenolic OH excluding ortho intramolecular Hbond substituents is 1. The van der Waals surface area contributed by atoms with Crippen LogP contribution in [0.3, 0.4) is 0 Å². The number of aliphatic imine (C=N–C) groups is 1. The number of hydrogen-bond donors (Lipinski definition) is 1. The second-order valence-electron chi connectivity index (χ2n) is 7.46. The van der Waals surface area contributed by atoms with Crippen LogP contribution >= 0.6 is 12.4 Å². The van der Waals surface area contributed by atoms with Crippen molar-refractivity contribution >= 4 is 23.7 Å². The second-order valence-corrected chi connectivity index (χ2v) is 7.46. The van der Waals surface area contributed by atoms with Gasteiger partial charge in [0.25, 0.3) is 0 Å². The molecule has 1 N–H and O–H groups in total. The zero-order chi connectivity index (χ0) is 20.0. The van der Waals surface area contributed by atoms with E-state index in [1.54, 1.807) is 12.1 Å². The van der Waals surface area contributed by atoms with E-state index in [9.17, 15) is 5.11 Å². The summed E-state index contributed by atoms with van der Waals surface area (Å²) >= 11 is 0. The van der Waals surface area contributed by atoms with Crippen LogP contribution in [0.25, 0.3) is 5.57 Å². The molecule has 0 aromatic heterocycles. The molecule has 0 unspecified atom stereocenters. The molecular formula is C24H35ClN2O. The van der Waals surface area contributed by atoms with E-state index in [1.165, 1.54) is 41.7 Å². The molecule has 154 valence electrons. The summed E-state index contributed by atoms with van der Waals surface area (Å²) in [5.74, 6) is 0.291. The van der Waals surface area contributed by atoms with Gasteiger partial charge in [-0.25, -0.2) is 0 Å². The number of benzene rings is 1. The zero-order valence-corrected chi connectivity index (χ0v) is 18.8. The molecular weight excluding hydrogens is 368 g/mol. The highest BCUT2D eigenvalue weighted by Crippen LogP contribution is 2.28. The first kappa shape index (κ1) is 24.0. The van der Waals surface area contributed by atoms with Gasteiger partial charge in [-0.3, -0.25) is 4.99 Å². The molecule has 1 fully saturated rings. The molecule has 1 saturated heterocycles. The number of likely N-dealkylation sites (tertiary alicyclic amines) is 1. The lowest BCUT2D eigenvalue weighted by Gasteiger charge is -2.31. The normalized spacial score (nSPS) is 16.8. The minimum absolute atomic E-state index is 0. The SMILES string of the molecule is C=C(C)N=C(/C(C)=C(\CC)c1ccc(O)cc1)/C(C)=C(\C)N1CCCCC1.Cl. The van der Waals surface area contributed by atoms with Gasteiger partial charge in [0.2, 0.25) is 0 Å². The Morgan fingerprint density at radius 1 is 1.00 bits per heavy atom. The highest BCUT2D eigenvalue weighted by atomic mass is 35.5. The van der Waals surface area contributed by atoms with Gasteiger partial charge in [0.05, 0.1) is 5.71 Å². The van der Waals surface area contributed by atoms with Gasteiger partial charge in [-0.05, 0) is 87.8 Å². The number of nitrogens with zero attached hydrogens (tertiary/aromatic N) is 2. The van der Waals surface area contributed by atoms with Gasteiger partial charge in [-0.1, -0.05) is 25.6 Å². The Labute approximate surface area is 177 Å². The van der Waals surface area contributed by atoms with Gasteiger partial charge >= 0.3 is 0 Å². The quantitative estimate of drug-likeness (QED) is 0.534. The lowest BCUT2D eigenvalue weighted by atomic mass is 9.92. The highest BCUT2D eigenvalue weighted by Gasteiger charge is 2.18. The maximum absolute atomic E-state index is 9.62. The van der Waals surface area contributed by atoms with Crippen LogP contribution in [-0.4, -0.2) is 28.8 Å². The van der Waals surface area contributed by atoms with Crippen LogP contribution in [0.1, 0.15) is 65.9 Å². The van der Waals surface area contributed by atoms with Gasteiger partial charge in [0.15, 0.2) is 0 Å². The van der Waals surface area contributed by atoms with E-state index < -0.39 is 0 Å². The average molecular weight is 403 g/mol. The molecule has 0 radical (unpaired) electrons. The predicted molar refractivity (Wildman–Crippen MR) is 124 cm³/mol. The van der Waals surface area contributed by atoms with Crippen molar-refractivity contribution in [2.45, 2.75) is 60.3 Å². The first-order chi connectivity index (χ1) is 12.8. The molecule has 0 amide bonds. The van der Waals surface area contributed by atoms with Crippen molar-refractivity contribution in [2.24, 2.45) is 4.99 Å². The summed E-state index contributed by atoms with van der Waals surface area (Å²) in [6.45, 7) is 16.9. The number of phenols is 1. The second kappa shape index (κ2) is 11.1. The Balaban J connectivity index is 0.00000392. The Kier molecular flexibility index (Phi) is 9.54. The maximum Gasteiger partial charge on any atom is 0.115 e. The Morgan fingerprint density at radius 2 is 1.57 bits per heavy atom. The molecule has 28 heavy (non-hydrogen) atoms. The molecule has 1 aromatic rings. The van der Waals surface area contributed by atoms with Crippen LogP contribution in [0, 0.1) is 0 Å². The fourth-order valence-corrected chi connectivity index (χ4v) is 3.77. The summed E-state index contributed by atoms with van der Waals surface area (Å²) in [6.07, 6.45) is 4.76. The number of allylic oxidation sites excluding steroid dienone is 5. The van der Waals surface area contributed by atoms with Crippen molar-refractivity contribution in [1.29, 1.82) is 0 Å². The number of aromatic hydroxyl groups is 1. The van der Waals surface area contributed by atoms with Crippen LogP contribution in [0.5, 0.6) is 5.75 Å². The van der Waals surface area contributed by atoms with Crippen LogP contribution in [-0.2, 0) is 0 Å². The first-order valence-electron chi connectivity index (χ1n) is 10.0. The molecule has 1 heterocycles. The summed E-state index contributed by atoms with van der Waals surface area (Å²) in [7, 11) is 0. The van der Waals surface area contributed by atoms with Gasteiger partial charge in [0.1, 0.15) is 5.75 Å². The molecule has 0 aliphatic carbocycles. The third-order valence-electron chi connectivity index (χ3n) is 5.41. The van der Waals surface area contributed by atoms with Gasteiger partial charge in [0, 0.05) is 24.5 Å². The summed E-state index contributed by atoms with van der Waals surface area (Å²) in [6, 6.07) is 7.45. The predicted octanol–water partition coefficient (Wildman–Crippen LogP) is 6.75. The third-order valence-corrected chi connectivity index (χ3v) is 5.41. The smallest absolute Gasteiger partial charge is 0.115 e. The fourth-order valence-electron chi connectivity index (χ4n) is 3.77. The largest absolute Gasteiger partial charge is 0.508 e. The van der Waals surface area contributed by atoms with Crippen LogP contribution < -0.4 is 0 Å². The average Bonchev–Trinajstić information content (AvgIpc) is 2.67. The van der Waals surface area contributed by atoms with Crippen LogP contribution in [0.4, 0.5) is 0 Å². The Hall–Kier alpha value is -2.00. The lowest BCUT2D eigenvalue weighted by Crippen LogP contribution is -2.29. The van der Waals surface area contributed by atoms with Crippen LogP contribution in [0.2, 0.25) is 0 Å². The Morgan fingerprint density at radius 3 is 2.07 bits per heavy atom. The van der Waals surface area contributed by atoms with Crippen molar-refractivity contribution in [2.75, 3.05) is 13.1 Å². The molecule has 0 spiro atoms. The van der Waals surface area contributed by atoms with E-state index in [1.807, 2.05) is 19.1 Å². The lowest BCUT2D eigenvalue weighted by molar-refractivity contribution is 0.284. The summed E-state index contributed by atoms with van der Waals surface area (Å²) in [5.41, 5.74) is 7.94. The van der Waals surface area contributed by atoms with Gasteiger partial charge in [-0.15, -0.1) is 12.4 Å². The van der Waals surface area contributed by atoms with E-state index in [-0.39, 0.29) is 12.4 Å². The van der Waals surface area contributed by atoms with E-state index in [4.69, 9.17) is 4.99 Å². The topological polar surface area (TPSA) is 35.8 Å². The van der Waals surface area contributed by atoms with Crippen molar-refractivity contribution in [3.05, 3.63) is 58.9 Å². The summed E-state index contributed by atoms with van der Waals surface area (Å²) in [5, 5.41) is 9.62. The van der Waals surface area contributed by atoms with Crippen molar-refractivity contribution in [3.63, 3.8) is 0 Å². The van der Waals surface area contributed by atoms with Crippen molar-refractivity contribution < 1.29 is 5.11 Å². The minimum Gasteiger partial charge on any atom is -0.508 e. The van der Waals surface area contributed by atoms with E-state index in [0.717, 1.165) is 36.5 Å². The first-order valence-corrected chi connectivity index (χ1v) is 10.0. The molecule has 3 nitrogen and oxygen atoms in total. The fraction of sp³-hybridized carbons (Fsp3) is 0.458. The van der Waals surface area contributed by atoms with E-state index >= 15 is 0 Å². The molecule has 2 rings (SSSR count). The molecule has 1 aromatic carbocycles. The number of halogens is 1. The van der Waals surface area contributed by atoms with Gasteiger partial charge in [-0.2, -0.15) is 0 Å². The minimum atomic E-state index is 0. The van der Waals surface area contributed by atoms with Crippen LogP contribution in [0.15, 0.2) is 58.4 Å². The number of piperidine rings is 1. The zero-order valence-electron chi connectivity index (χ0n) is 18.0. The molecule has 0 bridgehead atoms. The van der Waals surface area contributed by atoms with Crippen molar-refractivity contribution in [3.8, 4) is 5.75 Å². The molecule has 0 saturated carbocycles. The summed E-state index contributed by atoms with van der Waals surface area (Å²) in [4.78, 5) is 7.33. The molecule has 0 atom stereocenters. The molecule has 1 aliphatic rings. The Bertz CT molecular complexity index is 766. The monoisotopic (exact) mass is 402 g/mol. The molecule has 1 aliphatic heterocycles. The number of hydrogen-bond acceptors (Lipinski definition) is 3. The van der Waals surface area contributed by atoms with E-state index in [2.05, 4.69) is 39.2 Å². The standard InChI is InChI=1S/C24H34N2O.ClH/c1-7-23(21-11-13-22(27)14-12-21)19(5)24(25-17(2)3)18(4)20(6)26-15-9-8-10-16-26;/h11-14,27H,2,7-10,15-16H2,1,3-6H3;1H/b20-18+,23-19+,25-24?;. The molecule has 4 heteroatoms. The third kappa shape index (κ3) is 6.00. The van der Waals surface area contributed by atoms with Gasteiger partial charge < -0.3 is 10.0 Å². The number of rotatable bonds is 6. The maximum atomic E-state index is 9.62. The highest BCUT2D eigenvalue weighted by molar-refractivity contribution is 6.16. The summed E-state index contributed by atoms with van der Waals surface area (Å²) < 4.78 is 0. The van der Waals surface area contributed by atoms with E-state index in [0.29, 0.717) is 5.75 Å².